The zero-order valence-electron chi connectivity index (χ0n) is 18.6. The third-order valence-corrected chi connectivity index (χ3v) is 5.84. The van der Waals surface area contributed by atoms with Crippen molar-refractivity contribution >= 4 is 17.4 Å². The Morgan fingerprint density at radius 1 is 0.941 bits per heavy atom. The maximum atomic E-state index is 13.6. The van der Waals surface area contributed by atoms with Crippen molar-refractivity contribution in [3.05, 3.63) is 117 Å². The van der Waals surface area contributed by atoms with Crippen LogP contribution in [0.25, 0.3) is 0 Å². The summed E-state index contributed by atoms with van der Waals surface area (Å²) in [5.74, 6) is -0.265. The van der Waals surface area contributed by atoms with Crippen LogP contribution in [0, 0.1) is 10.1 Å². The molecule has 0 radical (unpaired) electrons. The van der Waals surface area contributed by atoms with E-state index in [4.69, 9.17) is 9.47 Å². The van der Waals surface area contributed by atoms with Crippen LogP contribution >= 0.6 is 0 Å². The normalized spacial score (nSPS) is 19.2. The van der Waals surface area contributed by atoms with Crippen molar-refractivity contribution in [2.45, 2.75) is 11.6 Å². The van der Waals surface area contributed by atoms with Crippen LogP contribution in [0.2, 0.25) is 0 Å². The van der Waals surface area contributed by atoms with E-state index in [-0.39, 0.29) is 11.5 Å². The lowest BCUT2D eigenvalue weighted by molar-refractivity contribution is -0.384. The second-order valence-corrected chi connectivity index (χ2v) is 7.75. The minimum absolute atomic E-state index is 0.0731. The number of ether oxygens (including phenoxy) is 2. The van der Waals surface area contributed by atoms with Crippen molar-refractivity contribution in [2.75, 3.05) is 14.2 Å². The highest BCUT2D eigenvalue weighted by atomic mass is 16.6. The van der Waals surface area contributed by atoms with E-state index >= 15 is 0 Å². The maximum absolute atomic E-state index is 13.6. The lowest BCUT2D eigenvalue weighted by Crippen LogP contribution is -2.46. The summed E-state index contributed by atoms with van der Waals surface area (Å²) in [6, 6.07) is 20.8. The van der Waals surface area contributed by atoms with E-state index in [0.717, 1.165) is 0 Å². The second kappa shape index (κ2) is 9.29. The van der Waals surface area contributed by atoms with E-state index in [1.807, 2.05) is 6.07 Å². The molecule has 1 N–H and O–H groups in total. The summed E-state index contributed by atoms with van der Waals surface area (Å²) >= 11 is 0. The molecule has 8 nitrogen and oxygen atoms in total. The smallest absolute Gasteiger partial charge is 0.334 e. The van der Waals surface area contributed by atoms with Crippen LogP contribution in [0.15, 0.2) is 90.5 Å². The Balaban J connectivity index is 1.85. The summed E-state index contributed by atoms with van der Waals surface area (Å²) in [7, 11) is 2.82. The number of hydrogen-bond donors (Lipinski definition) is 1. The number of nitrogens with one attached hydrogen (secondary N) is 1. The molecule has 0 amide bonds. The maximum Gasteiger partial charge on any atom is 0.334 e. The number of nitro benzene ring substituents is 1. The third-order valence-electron chi connectivity index (χ3n) is 5.84. The van der Waals surface area contributed by atoms with Crippen LogP contribution in [0.1, 0.15) is 27.5 Å². The first-order valence-corrected chi connectivity index (χ1v) is 10.5. The molecule has 2 atom stereocenters. The molecule has 4 rings (SSSR count). The fourth-order valence-corrected chi connectivity index (χ4v) is 4.09. The molecule has 1 heterocycles. The molecule has 8 heteroatoms. The Bertz CT molecular complexity index is 1250. The van der Waals surface area contributed by atoms with Crippen molar-refractivity contribution in [1.82, 2.24) is 5.32 Å². The van der Waals surface area contributed by atoms with Gasteiger partial charge in [0.25, 0.3) is 5.69 Å². The van der Waals surface area contributed by atoms with Gasteiger partial charge in [0.05, 0.1) is 25.2 Å². The summed E-state index contributed by atoms with van der Waals surface area (Å²) in [5, 5.41) is 14.4. The summed E-state index contributed by atoms with van der Waals surface area (Å²) in [4.78, 5) is 37.3. The number of rotatable bonds is 7. The number of methoxy groups -OCH3 is 2. The van der Waals surface area contributed by atoms with E-state index < -0.39 is 22.5 Å². The van der Waals surface area contributed by atoms with E-state index in [2.05, 4.69) is 5.32 Å². The minimum atomic E-state index is -1.42. The zero-order chi connectivity index (χ0) is 24.3. The molecule has 3 aromatic rings. The number of carbonyl (C=O) groups is 2. The van der Waals surface area contributed by atoms with Gasteiger partial charge in [-0.25, -0.2) is 4.79 Å². The van der Waals surface area contributed by atoms with E-state index in [9.17, 15) is 19.7 Å². The molecule has 0 spiro atoms. The lowest BCUT2D eigenvalue weighted by Gasteiger charge is -2.28. The van der Waals surface area contributed by atoms with Gasteiger partial charge >= 0.3 is 5.97 Å². The van der Waals surface area contributed by atoms with E-state index in [0.29, 0.717) is 28.0 Å². The van der Waals surface area contributed by atoms with Gasteiger partial charge in [-0.1, -0.05) is 42.5 Å². The van der Waals surface area contributed by atoms with Crippen LogP contribution in [0.3, 0.4) is 0 Å². The fraction of sp³-hybridized carbons (Fsp3) is 0.154. The average molecular weight is 458 g/mol. The number of non-ortho nitro benzene ring substituents is 1. The molecule has 0 aromatic heterocycles. The topological polar surface area (TPSA) is 108 Å². The first-order chi connectivity index (χ1) is 16.4. The largest absolute Gasteiger partial charge is 0.497 e. The van der Waals surface area contributed by atoms with Gasteiger partial charge in [-0.2, -0.15) is 0 Å². The number of esters is 1. The van der Waals surface area contributed by atoms with Crippen LogP contribution in [-0.2, 0) is 15.1 Å². The van der Waals surface area contributed by atoms with Crippen molar-refractivity contribution in [2.24, 2.45) is 0 Å². The molecule has 0 unspecified atom stereocenters. The molecular weight excluding hydrogens is 436 g/mol. The molecule has 1 aliphatic rings. The Hall–Kier alpha value is -4.30. The number of nitro groups is 1. The highest BCUT2D eigenvalue weighted by Crippen LogP contribution is 2.41. The molecule has 172 valence electrons. The average Bonchev–Trinajstić information content (AvgIpc) is 3.30. The van der Waals surface area contributed by atoms with Crippen LogP contribution in [0.5, 0.6) is 5.75 Å². The Kier molecular flexibility index (Phi) is 6.25. The van der Waals surface area contributed by atoms with Gasteiger partial charge in [-0.15, -0.1) is 0 Å². The molecule has 34 heavy (non-hydrogen) atoms. The predicted molar refractivity (Wildman–Crippen MR) is 125 cm³/mol. The molecular formula is C26H22N2O6. The Morgan fingerprint density at radius 3 is 2.15 bits per heavy atom. The van der Waals surface area contributed by atoms with Gasteiger partial charge < -0.3 is 9.47 Å². The molecule has 1 aliphatic heterocycles. The lowest BCUT2D eigenvalue weighted by atomic mass is 9.89. The van der Waals surface area contributed by atoms with Crippen molar-refractivity contribution in [1.29, 1.82) is 0 Å². The quantitative estimate of drug-likeness (QED) is 0.245. The predicted octanol–water partition coefficient (Wildman–Crippen LogP) is 4.13. The first kappa shape index (κ1) is 22.9. The summed E-state index contributed by atoms with van der Waals surface area (Å²) in [6.45, 7) is 0. The number of Topliss-reactive ketones (excluding diaryl/α,β-unsaturated/α-hetero) is 1. The molecule has 0 fully saturated rings. The van der Waals surface area contributed by atoms with Gasteiger partial charge in [-0.05, 0) is 41.5 Å². The molecule has 0 aliphatic carbocycles. The van der Waals surface area contributed by atoms with Crippen LogP contribution in [0.4, 0.5) is 5.69 Å². The standard InChI is InChI=1S/C26H22N2O6/c1-33-21-14-10-18(11-15-21)24(29)22-16-26(25(30)34-2,19-6-4-3-5-7-19)27-23(22)17-8-12-20(13-9-17)28(31)32/h3-16,23,27H,1-2H3/t23-,26+/m0/s1. The van der Waals surface area contributed by atoms with Gasteiger partial charge in [0, 0.05) is 23.3 Å². The monoisotopic (exact) mass is 458 g/mol. The molecule has 3 aromatic carbocycles. The Morgan fingerprint density at radius 2 is 1.59 bits per heavy atom. The van der Waals surface area contributed by atoms with Crippen LogP contribution in [-0.4, -0.2) is 30.9 Å². The van der Waals surface area contributed by atoms with Crippen molar-refractivity contribution < 1.29 is 24.0 Å². The van der Waals surface area contributed by atoms with Crippen molar-refractivity contribution in [3.8, 4) is 5.75 Å². The summed E-state index contributed by atoms with van der Waals surface area (Å²) < 4.78 is 10.3. The molecule has 0 saturated heterocycles. The SMILES string of the molecule is COC(=O)[C@]1(c2ccccc2)C=C(C(=O)c2ccc(OC)cc2)[C@H](c2ccc([N+](=O)[O-])cc2)N1. The van der Waals surface area contributed by atoms with Gasteiger partial charge in [-0.3, -0.25) is 20.2 Å². The number of carbonyl (C=O) groups excluding carboxylic acids is 2. The van der Waals surface area contributed by atoms with Crippen molar-refractivity contribution in [3.63, 3.8) is 0 Å². The first-order valence-electron chi connectivity index (χ1n) is 10.5. The molecule has 0 bridgehead atoms. The van der Waals surface area contributed by atoms with E-state index in [1.165, 1.54) is 26.4 Å². The van der Waals surface area contributed by atoms with E-state index in [1.54, 1.807) is 66.7 Å². The summed E-state index contributed by atoms with van der Waals surface area (Å²) in [6.07, 6.45) is 1.59. The van der Waals surface area contributed by atoms with Gasteiger partial charge in [0.1, 0.15) is 5.75 Å². The third kappa shape index (κ3) is 4.06. The molecule has 0 saturated carbocycles. The summed E-state index contributed by atoms with van der Waals surface area (Å²) in [5.41, 5.74) is 0.449. The highest BCUT2D eigenvalue weighted by molar-refractivity contribution is 6.11. The van der Waals surface area contributed by atoms with Gasteiger partial charge in [0.2, 0.25) is 0 Å². The van der Waals surface area contributed by atoms with Gasteiger partial charge in [0.15, 0.2) is 11.3 Å². The number of hydrogen-bond acceptors (Lipinski definition) is 7. The zero-order valence-corrected chi connectivity index (χ0v) is 18.6. The highest BCUT2D eigenvalue weighted by Gasteiger charge is 2.48. The number of ketones is 1. The number of benzene rings is 3. The fourth-order valence-electron chi connectivity index (χ4n) is 4.09. The Labute approximate surface area is 196 Å². The second-order valence-electron chi connectivity index (χ2n) is 7.75. The van der Waals surface area contributed by atoms with Crippen LogP contribution < -0.4 is 10.1 Å². The number of nitrogens with zero attached hydrogens (tertiary/aromatic N) is 1. The minimum Gasteiger partial charge on any atom is -0.497 e.